The van der Waals surface area contributed by atoms with Gasteiger partial charge >= 0.3 is 0 Å². The van der Waals surface area contributed by atoms with E-state index in [1.54, 1.807) is 10.6 Å². The zero-order chi connectivity index (χ0) is 20.1. The quantitative estimate of drug-likeness (QED) is 0.701. The van der Waals surface area contributed by atoms with Gasteiger partial charge in [-0.05, 0) is 42.9 Å². The van der Waals surface area contributed by atoms with E-state index < -0.39 is 0 Å². The number of benzene rings is 1. The Balaban J connectivity index is 1.21. The van der Waals surface area contributed by atoms with Gasteiger partial charge in [0.15, 0.2) is 5.65 Å². The van der Waals surface area contributed by atoms with Crippen molar-refractivity contribution < 1.29 is 9.59 Å². The number of hydrogen-bond donors (Lipinski definition) is 1. The van der Waals surface area contributed by atoms with E-state index in [0.717, 1.165) is 32.4 Å². The van der Waals surface area contributed by atoms with Crippen LogP contribution in [0.15, 0.2) is 54.7 Å². The molecule has 4 rings (SSSR count). The molecule has 0 saturated carbocycles. The van der Waals surface area contributed by atoms with Crippen molar-refractivity contribution in [2.75, 3.05) is 18.4 Å². The Morgan fingerprint density at radius 3 is 2.52 bits per heavy atom. The summed E-state index contributed by atoms with van der Waals surface area (Å²) in [5.41, 5.74) is 2.02. The van der Waals surface area contributed by atoms with E-state index in [0.29, 0.717) is 17.5 Å². The molecule has 1 N–H and O–H groups in total. The van der Waals surface area contributed by atoms with Crippen LogP contribution < -0.4 is 5.32 Å². The fraction of sp³-hybridized carbons (Fsp3) is 0.364. The first-order valence-electron chi connectivity index (χ1n) is 10.1. The fourth-order valence-corrected chi connectivity index (χ4v) is 3.83. The van der Waals surface area contributed by atoms with Gasteiger partial charge in [0.1, 0.15) is 0 Å². The fourth-order valence-electron chi connectivity index (χ4n) is 3.83. The number of aromatic nitrogens is 3. The zero-order valence-corrected chi connectivity index (χ0v) is 16.3. The molecule has 0 radical (unpaired) electrons. The van der Waals surface area contributed by atoms with Gasteiger partial charge in [0.2, 0.25) is 17.8 Å². The van der Waals surface area contributed by atoms with E-state index in [1.807, 2.05) is 29.2 Å². The Morgan fingerprint density at radius 2 is 1.72 bits per heavy atom. The molecule has 0 spiro atoms. The Labute approximate surface area is 169 Å². The number of likely N-dealkylation sites (tertiary alicyclic amines) is 1. The van der Waals surface area contributed by atoms with E-state index in [-0.39, 0.29) is 24.7 Å². The Kier molecular flexibility index (Phi) is 5.84. The zero-order valence-electron chi connectivity index (χ0n) is 16.3. The molecule has 7 nitrogen and oxygen atoms in total. The number of nitrogens with zero attached hydrogens (tertiary/aromatic N) is 4. The van der Waals surface area contributed by atoms with Gasteiger partial charge in [-0.1, -0.05) is 36.4 Å². The topological polar surface area (TPSA) is 79.6 Å². The average Bonchev–Trinajstić information content (AvgIpc) is 3.16. The van der Waals surface area contributed by atoms with Crippen LogP contribution in [0.25, 0.3) is 5.65 Å². The lowest BCUT2D eigenvalue weighted by atomic mass is 9.90. The number of amides is 2. The van der Waals surface area contributed by atoms with Crippen molar-refractivity contribution in [2.24, 2.45) is 5.92 Å². The van der Waals surface area contributed by atoms with Crippen molar-refractivity contribution >= 4 is 23.4 Å². The summed E-state index contributed by atoms with van der Waals surface area (Å²) < 4.78 is 1.71. The van der Waals surface area contributed by atoms with Crippen LogP contribution in [0.2, 0.25) is 0 Å². The normalized spacial score (nSPS) is 14.8. The Morgan fingerprint density at radius 1 is 0.966 bits per heavy atom. The molecule has 0 atom stereocenters. The SMILES string of the molecule is O=C(CCC(=O)N1CCC(Cc2ccccc2)CC1)Nc1nnc2ccccn12. The van der Waals surface area contributed by atoms with Crippen LogP contribution in [0.3, 0.4) is 0 Å². The molecule has 0 unspecified atom stereocenters. The summed E-state index contributed by atoms with van der Waals surface area (Å²) in [6.45, 7) is 1.54. The molecule has 0 aliphatic carbocycles. The van der Waals surface area contributed by atoms with Crippen LogP contribution in [-0.4, -0.2) is 44.4 Å². The maximum Gasteiger partial charge on any atom is 0.235 e. The highest BCUT2D eigenvalue weighted by molar-refractivity contribution is 5.92. The first-order chi connectivity index (χ1) is 14.2. The Bertz CT molecular complexity index is 977. The molecule has 1 aliphatic rings. The van der Waals surface area contributed by atoms with Gasteiger partial charge in [0.25, 0.3) is 0 Å². The van der Waals surface area contributed by atoms with Gasteiger partial charge in [-0.3, -0.25) is 19.3 Å². The lowest BCUT2D eigenvalue weighted by Gasteiger charge is -2.32. The second-order valence-electron chi connectivity index (χ2n) is 7.51. The van der Waals surface area contributed by atoms with E-state index in [1.165, 1.54) is 5.56 Å². The van der Waals surface area contributed by atoms with Crippen molar-refractivity contribution in [1.82, 2.24) is 19.5 Å². The van der Waals surface area contributed by atoms with E-state index in [2.05, 4.69) is 39.8 Å². The van der Waals surface area contributed by atoms with Crippen LogP contribution in [0.1, 0.15) is 31.2 Å². The summed E-state index contributed by atoms with van der Waals surface area (Å²) in [6.07, 6.45) is 5.24. The molecule has 1 aromatic carbocycles. The van der Waals surface area contributed by atoms with Crippen LogP contribution in [0, 0.1) is 5.92 Å². The lowest BCUT2D eigenvalue weighted by Crippen LogP contribution is -2.39. The van der Waals surface area contributed by atoms with Crippen LogP contribution in [0.4, 0.5) is 5.95 Å². The van der Waals surface area contributed by atoms with Gasteiger partial charge in [0.05, 0.1) is 0 Å². The van der Waals surface area contributed by atoms with Crippen molar-refractivity contribution in [3.8, 4) is 0 Å². The van der Waals surface area contributed by atoms with Gasteiger partial charge in [0, 0.05) is 32.1 Å². The minimum absolute atomic E-state index is 0.0458. The highest BCUT2D eigenvalue weighted by Crippen LogP contribution is 2.22. The molecular weight excluding hydrogens is 366 g/mol. The molecule has 2 aromatic heterocycles. The standard InChI is InChI=1S/C22H25N5O2/c28-20(23-22-25-24-19-8-4-5-13-27(19)22)9-10-21(29)26-14-11-18(12-15-26)16-17-6-2-1-3-7-17/h1-8,13,18H,9-12,14-16H2,(H,23,25,28). The third-order valence-corrected chi connectivity index (χ3v) is 5.47. The minimum Gasteiger partial charge on any atom is -0.343 e. The number of carbonyl (C=O) groups is 2. The van der Waals surface area contributed by atoms with Crippen molar-refractivity contribution in [1.29, 1.82) is 0 Å². The monoisotopic (exact) mass is 391 g/mol. The number of piperidine rings is 1. The maximum atomic E-state index is 12.5. The molecule has 0 bridgehead atoms. The first-order valence-corrected chi connectivity index (χ1v) is 10.1. The number of hydrogen-bond acceptors (Lipinski definition) is 4. The predicted molar refractivity (Wildman–Crippen MR) is 110 cm³/mol. The van der Waals surface area contributed by atoms with Crippen molar-refractivity contribution in [3.05, 3.63) is 60.3 Å². The first kappa shape index (κ1) is 19.1. The third kappa shape index (κ3) is 4.80. The summed E-state index contributed by atoms with van der Waals surface area (Å²) in [7, 11) is 0. The van der Waals surface area contributed by atoms with E-state index >= 15 is 0 Å². The van der Waals surface area contributed by atoms with Crippen LogP contribution in [-0.2, 0) is 16.0 Å². The number of anilines is 1. The van der Waals surface area contributed by atoms with Gasteiger partial charge in [-0.2, -0.15) is 0 Å². The molecule has 2 amide bonds. The summed E-state index contributed by atoms with van der Waals surface area (Å²) in [5.74, 6) is 0.811. The summed E-state index contributed by atoms with van der Waals surface area (Å²) in [6, 6.07) is 16.0. The van der Waals surface area contributed by atoms with Crippen molar-refractivity contribution in [2.45, 2.75) is 32.1 Å². The number of pyridine rings is 1. The van der Waals surface area contributed by atoms with Crippen LogP contribution >= 0.6 is 0 Å². The van der Waals surface area contributed by atoms with E-state index in [9.17, 15) is 9.59 Å². The average molecular weight is 391 g/mol. The van der Waals surface area contributed by atoms with Gasteiger partial charge < -0.3 is 4.90 Å². The van der Waals surface area contributed by atoms with Crippen molar-refractivity contribution in [3.63, 3.8) is 0 Å². The summed E-state index contributed by atoms with van der Waals surface area (Å²) in [4.78, 5) is 26.6. The third-order valence-electron chi connectivity index (χ3n) is 5.47. The van der Waals surface area contributed by atoms with Gasteiger partial charge in [-0.15, -0.1) is 10.2 Å². The largest absolute Gasteiger partial charge is 0.343 e. The lowest BCUT2D eigenvalue weighted by molar-refractivity contribution is -0.134. The van der Waals surface area contributed by atoms with Crippen LogP contribution in [0.5, 0.6) is 0 Å². The smallest absolute Gasteiger partial charge is 0.235 e. The second kappa shape index (κ2) is 8.86. The molecule has 29 heavy (non-hydrogen) atoms. The molecule has 1 saturated heterocycles. The summed E-state index contributed by atoms with van der Waals surface area (Å²) in [5, 5.41) is 10.7. The number of rotatable bonds is 6. The predicted octanol–water partition coefficient (Wildman–Crippen LogP) is 2.93. The Hall–Kier alpha value is -3.22. The molecular formula is C22H25N5O2. The number of nitrogens with one attached hydrogen (secondary N) is 1. The number of carbonyl (C=O) groups excluding carboxylic acids is 2. The molecule has 3 heterocycles. The molecule has 7 heteroatoms. The highest BCUT2D eigenvalue weighted by atomic mass is 16.2. The molecule has 1 fully saturated rings. The second-order valence-corrected chi connectivity index (χ2v) is 7.51. The highest BCUT2D eigenvalue weighted by Gasteiger charge is 2.23. The maximum absolute atomic E-state index is 12.5. The van der Waals surface area contributed by atoms with Gasteiger partial charge in [-0.25, -0.2) is 0 Å². The minimum atomic E-state index is -0.226. The molecule has 3 aromatic rings. The molecule has 150 valence electrons. The molecule has 1 aliphatic heterocycles. The number of fused-ring (bicyclic) bond motifs is 1. The van der Waals surface area contributed by atoms with E-state index in [4.69, 9.17) is 0 Å². The summed E-state index contributed by atoms with van der Waals surface area (Å²) >= 11 is 0.